The highest BCUT2D eigenvalue weighted by molar-refractivity contribution is 5.88. The smallest absolute Gasteiger partial charge is 0.168 e. The van der Waals surface area contributed by atoms with Gasteiger partial charge in [0.15, 0.2) is 11.6 Å². The highest BCUT2D eigenvalue weighted by Gasteiger charge is 2.19. The lowest BCUT2D eigenvalue weighted by Crippen LogP contribution is -2.36. The molecule has 31 heavy (non-hydrogen) atoms. The minimum Gasteiger partial charge on any atom is -0.378 e. The van der Waals surface area contributed by atoms with Gasteiger partial charge in [-0.25, -0.2) is 23.1 Å². The summed E-state index contributed by atoms with van der Waals surface area (Å²) in [5.74, 6) is -1.89. The van der Waals surface area contributed by atoms with Gasteiger partial charge in [-0.15, -0.1) is 0 Å². The van der Waals surface area contributed by atoms with Crippen molar-refractivity contribution in [2.24, 2.45) is 0 Å². The van der Waals surface area contributed by atoms with Crippen LogP contribution in [-0.2, 0) is 4.74 Å². The number of benzene rings is 2. The van der Waals surface area contributed by atoms with Crippen molar-refractivity contribution >= 4 is 28.2 Å². The number of morpholine rings is 1. The molecule has 3 heterocycles. The van der Waals surface area contributed by atoms with E-state index in [-0.39, 0.29) is 17.2 Å². The van der Waals surface area contributed by atoms with Crippen LogP contribution in [0.1, 0.15) is 0 Å². The topological polar surface area (TPSA) is 79.0 Å². The fourth-order valence-electron chi connectivity index (χ4n) is 3.54. The number of halogens is 3. The van der Waals surface area contributed by atoms with Gasteiger partial charge in [0.2, 0.25) is 0 Å². The molecule has 0 spiro atoms. The highest BCUT2D eigenvalue weighted by atomic mass is 19.1. The second kappa shape index (κ2) is 7.88. The number of hydrogen-bond donors (Lipinski definition) is 2. The number of aromatic nitrogens is 4. The molecule has 0 atom stereocenters. The van der Waals surface area contributed by atoms with E-state index in [1.54, 1.807) is 12.1 Å². The summed E-state index contributed by atoms with van der Waals surface area (Å²) in [5.41, 5.74) is 1.35. The van der Waals surface area contributed by atoms with Crippen molar-refractivity contribution in [2.45, 2.75) is 0 Å². The molecular weight excluding hydrogens is 409 g/mol. The van der Waals surface area contributed by atoms with Gasteiger partial charge in [0.25, 0.3) is 0 Å². The molecule has 10 heteroatoms. The maximum Gasteiger partial charge on any atom is 0.168 e. The molecule has 2 aromatic carbocycles. The maximum absolute atomic E-state index is 14.8. The van der Waals surface area contributed by atoms with E-state index in [1.165, 1.54) is 18.3 Å². The Balaban J connectivity index is 1.52. The Kier molecular flexibility index (Phi) is 4.91. The average Bonchev–Trinajstić information content (AvgIpc) is 3.23. The van der Waals surface area contributed by atoms with Gasteiger partial charge in [0.1, 0.15) is 28.5 Å². The van der Waals surface area contributed by atoms with Crippen LogP contribution in [0.2, 0.25) is 0 Å². The SMILES string of the molecule is Fc1cc(Nc2nc(-c3c(F)cccc3F)nc3cn[nH]c23)ccc1N1CCOCC1. The third-order valence-electron chi connectivity index (χ3n) is 5.05. The van der Waals surface area contributed by atoms with Gasteiger partial charge in [0.05, 0.1) is 30.7 Å². The molecule has 2 N–H and O–H groups in total. The summed E-state index contributed by atoms with van der Waals surface area (Å²) in [6.07, 6.45) is 1.42. The van der Waals surface area contributed by atoms with Crippen molar-refractivity contribution in [2.75, 3.05) is 36.5 Å². The first-order valence-corrected chi connectivity index (χ1v) is 9.65. The van der Waals surface area contributed by atoms with E-state index in [2.05, 4.69) is 25.5 Å². The van der Waals surface area contributed by atoms with Gasteiger partial charge in [-0.1, -0.05) is 6.07 Å². The molecule has 0 bridgehead atoms. The number of rotatable bonds is 4. The number of nitrogens with one attached hydrogen (secondary N) is 2. The number of fused-ring (bicyclic) bond motifs is 1. The van der Waals surface area contributed by atoms with E-state index in [9.17, 15) is 13.2 Å². The number of ether oxygens (including phenoxy) is 1. The molecule has 1 aliphatic heterocycles. The molecular formula is C21H17F3N6O. The van der Waals surface area contributed by atoms with Crippen molar-refractivity contribution in [3.05, 3.63) is 60.0 Å². The van der Waals surface area contributed by atoms with E-state index < -0.39 is 17.5 Å². The van der Waals surface area contributed by atoms with Crippen molar-refractivity contribution in [1.82, 2.24) is 20.2 Å². The molecule has 4 aromatic rings. The second-order valence-electron chi connectivity index (χ2n) is 7.01. The molecule has 2 aromatic heterocycles. The molecule has 1 saturated heterocycles. The molecule has 7 nitrogen and oxygen atoms in total. The quantitative estimate of drug-likeness (QED) is 0.513. The van der Waals surface area contributed by atoms with Crippen LogP contribution >= 0.6 is 0 Å². The van der Waals surface area contributed by atoms with Crippen LogP contribution in [0.25, 0.3) is 22.4 Å². The Morgan fingerprint density at radius 3 is 2.48 bits per heavy atom. The first-order valence-electron chi connectivity index (χ1n) is 9.65. The number of aromatic amines is 1. The molecule has 0 amide bonds. The summed E-state index contributed by atoms with van der Waals surface area (Å²) >= 11 is 0. The van der Waals surface area contributed by atoms with Crippen LogP contribution in [0.3, 0.4) is 0 Å². The van der Waals surface area contributed by atoms with Crippen LogP contribution in [0.4, 0.5) is 30.4 Å². The summed E-state index contributed by atoms with van der Waals surface area (Å²) in [6.45, 7) is 2.32. The summed E-state index contributed by atoms with van der Waals surface area (Å²) in [4.78, 5) is 10.4. The fourth-order valence-corrected chi connectivity index (χ4v) is 3.54. The number of nitrogens with zero attached hydrogens (tertiary/aromatic N) is 4. The molecule has 5 rings (SSSR count). The Morgan fingerprint density at radius 2 is 1.74 bits per heavy atom. The molecule has 0 aliphatic carbocycles. The third kappa shape index (κ3) is 3.66. The Morgan fingerprint density at radius 1 is 0.968 bits per heavy atom. The minimum atomic E-state index is -0.783. The van der Waals surface area contributed by atoms with Gasteiger partial charge in [-0.3, -0.25) is 5.10 Å². The normalized spacial score (nSPS) is 14.2. The predicted octanol–water partition coefficient (Wildman–Crippen LogP) is 4.02. The van der Waals surface area contributed by atoms with Crippen molar-refractivity contribution < 1.29 is 17.9 Å². The zero-order valence-corrected chi connectivity index (χ0v) is 16.2. The lowest BCUT2D eigenvalue weighted by molar-refractivity contribution is 0.122. The summed E-state index contributed by atoms with van der Waals surface area (Å²) in [7, 11) is 0. The van der Waals surface area contributed by atoms with E-state index in [1.807, 2.05) is 4.90 Å². The zero-order chi connectivity index (χ0) is 21.4. The van der Waals surface area contributed by atoms with Gasteiger partial charge in [-0.2, -0.15) is 5.10 Å². The Labute approximate surface area is 174 Å². The number of H-pyrrole nitrogens is 1. The van der Waals surface area contributed by atoms with Crippen LogP contribution in [-0.4, -0.2) is 46.5 Å². The monoisotopic (exact) mass is 426 g/mol. The van der Waals surface area contributed by atoms with E-state index in [0.717, 1.165) is 12.1 Å². The molecule has 158 valence electrons. The van der Waals surface area contributed by atoms with Crippen molar-refractivity contribution in [1.29, 1.82) is 0 Å². The highest BCUT2D eigenvalue weighted by Crippen LogP contribution is 2.30. The summed E-state index contributed by atoms with van der Waals surface area (Å²) in [5, 5.41) is 9.68. The van der Waals surface area contributed by atoms with E-state index >= 15 is 0 Å². The second-order valence-corrected chi connectivity index (χ2v) is 7.01. The maximum atomic E-state index is 14.8. The van der Waals surface area contributed by atoms with E-state index in [0.29, 0.717) is 48.7 Å². The fraction of sp³-hybridized carbons (Fsp3) is 0.190. The third-order valence-corrected chi connectivity index (χ3v) is 5.05. The first kappa shape index (κ1) is 19.3. The molecule has 1 fully saturated rings. The summed E-state index contributed by atoms with van der Waals surface area (Å²) < 4.78 is 48.6. The van der Waals surface area contributed by atoms with Gasteiger partial charge in [-0.05, 0) is 30.3 Å². The molecule has 0 radical (unpaired) electrons. The molecule has 1 aliphatic rings. The largest absolute Gasteiger partial charge is 0.378 e. The van der Waals surface area contributed by atoms with Gasteiger partial charge in [0, 0.05) is 18.8 Å². The standard InChI is InChI=1S/C21H17F3N6O/c22-13-2-1-3-14(23)18(13)20-27-16-11-25-29-19(16)21(28-20)26-12-4-5-17(15(24)10-12)30-6-8-31-9-7-30/h1-5,10-11H,6-9H2,(H,25,29)(H,26,27,28). The molecule has 0 saturated carbocycles. The first-order chi connectivity index (χ1) is 15.1. The number of hydrogen-bond acceptors (Lipinski definition) is 6. The summed E-state index contributed by atoms with van der Waals surface area (Å²) in [6, 6.07) is 8.26. The lowest BCUT2D eigenvalue weighted by atomic mass is 10.2. The zero-order valence-electron chi connectivity index (χ0n) is 16.2. The predicted molar refractivity (Wildman–Crippen MR) is 110 cm³/mol. The van der Waals surface area contributed by atoms with E-state index in [4.69, 9.17) is 4.74 Å². The van der Waals surface area contributed by atoms with Crippen LogP contribution < -0.4 is 10.2 Å². The van der Waals surface area contributed by atoms with Crippen LogP contribution in [0.15, 0.2) is 42.6 Å². The van der Waals surface area contributed by atoms with Crippen molar-refractivity contribution in [3.63, 3.8) is 0 Å². The molecule has 0 unspecified atom stereocenters. The van der Waals surface area contributed by atoms with Gasteiger partial charge < -0.3 is 15.0 Å². The van der Waals surface area contributed by atoms with Gasteiger partial charge >= 0.3 is 0 Å². The minimum absolute atomic E-state index is 0.141. The average molecular weight is 426 g/mol. The lowest BCUT2D eigenvalue weighted by Gasteiger charge is -2.29. The van der Waals surface area contributed by atoms with Crippen LogP contribution in [0.5, 0.6) is 0 Å². The Hall–Kier alpha value is -3.66. The van der Waals surface area contributed by atoms with Crippen molar-refractivity contribution in [3.8, 4) is 11.4 Å². The van der Waals surface area contributed by atoms with Crippen LogP contribution in [0, 0.1) is 17.5 Å². The Bertz CT molecular complexity index is 1240. The number of anilines is 3.